The average molecular weight is 415 g/mol. The molecule has 1 atom stereocenters. The number of hydrogen-bond acceptors (Lipinski definition) is 4. The van der Waals surface area contributed by atoms with Gasteiger partial charge in [-0.15, -0.1) is 11.3 Å². The Labute approximate surface area is 176 Å². The molecule has 1 aromatic carbocycles. The van der Waals surface area contributed by atoms with E-state index >= 15 is 0 Å². The number of amides is 2. The van der Waals surface area contributed by atoms with Crippen molar-refractivity contribution in [3.63, 3.8) is 0 Å². The summed E-state index contributed by atoms with van der Waals surface area (Å²) in [7, 11) is 0. The van der Waals surface area contributed by atoms with Gasteiger partial charge >= 0.3 is 0 Å². The van der Waals surface area contributed by atoms with E-state index in [1.807, 2.05) is 6.92 Å². The predicted molar refractivity (Wildman–Crippen MR) is 118 cm³/mol. The molecule has 2 aromatic rings. The Morgan fingerprint density at radius 3 is 2.52 bits per heavy atom. The normalized spacial score (nSPS) is 16.2. The van der Waals surface area contributed by atoms with E-state index in [-0.39, 0.29) is 11.3 Å². The maximum absolute atomic E-state index is 12.8. The SMILES string of the molecule is CCCOc1ccc(C(=O)Nc2sc3c(c2C(N)=O)CCC(C(C)(C)C)C3)cc1. The molecule has 156 valence electrons. The van der Waals surface area contributed by atoms with Gasteiger partial charge in [0.1, 0.15) is 10.8 Å². The first-order valence-corrected chi connectivity index (χ1v) is 11.0. The van der Waals surface area contributed by atoms with Crippen molar-refractivity contribution >= 4 is 28.2 Å². The van der Waals surface area contributed by atoms with Crippen molar-refractivity contribution in [3.05, 3.63) is 45.8 Å². The topological polar surface area (TPSA) is 81.4 Å². The smallest absolute Gasteiger partial charge is 0.256 e. The molecule has 1 unspecified atom stereocenters. The van der Waals surface area contributed by atoms with Crippen molar-refractivity contribution in [2.24, 2.45) is 17.1 Å². The number of nitrogens with one attached hydrogen (secondary N) is 1. The lowest BCUT2D eigenvalue weighted by Crippen LogP contribution is -2.27. The van der Waals surface area contributed by atoms with Crippen LogP contribution in [0, 0.1) is 11.3 Å². The van der Waals surface area contributed by atoms with Gasteiger partial charge in [-0.3, -0.25) is 9.59 Å². The summed E-state index contributed by atoms with van der Waals surface area (Å²) in [6.45, 7) is 9.44. The highest BCUT2D eigenvalue weighted by Crippen LogP contribution is 2.44. The van der Waals surface area contributed by atoms with Crippen LogP contribution in [0.25, 0.3) is 0 Å². The van der Waals surface area contributed by atoms with Gasteiger partial charge in [-0.05, 0) is 66.8 Å². The van der Waals surface area contributed by atoms with Gasteiger partial charge in [0.05, 0.1) is 12.2 Å². The molecule has 5 nitrogen and oxygen atoms in total. The third kappa shape index (κ3) is 4.81. The minimum Gasteiger partial charge on any atom is -0.494 e. The first-order valence-electron chi connectivity index (χ1n) is 10.2. The molecule has 1 aromatic heterocycles. The number of carbonyl (C=O) groups excluding carboxylic acids is 2. The second kappa shape index (κ2) is 8.57. The van der Waals surface area contributed by atoms with E-state index in [1.165, 1.54) is 16.2 Å². The highest BCUT2D eigenvalue weighted by Gasteiger charge is 2.33. The van der Waals surface area contributed by atoms with E-state index in [9.17, 15) is 9.59 Å². The van der Waals surface area contributed by atoms with Crippen LogP contribution in [0.4, 0.5) is 5.00 Å². The first kappa shape index (κ1) is 21.4. The molecule has 0 aliphatic heterocycles. The van der Waals surface area contributed by atoms with E-state index in [0.717, 1.165) is 37.0 Å². The van der Waals surface area contributed by atoms with Crippen LogP contribution in [0.5, 0.6) is 5.75 Å². The van der Waals surface area contributed by atoms with Crippen LogP contribution in [-0.2, 0) is 12.8 Å². The molecule has 3 N–H and O–H groups in total. The van der Waals surface area contributed by atoms with Crippen molar-refractivity contribution in [2.75, 3.05) is 11.9 Å². The van der Waals surface area contributed by atoms with E-state index in [0.29, 0.717) is 28.7 Å². The molecular formula is C23H30N2O3S. The fourth-order valence-corrected chi connectivity index (χ4v) is 5.10. The molecule has 1 aliphatic carbocycles. The van der Waals surface area contributed by atoms with Gasteiger partial charge in [-0.25, -0.2) is 0 Å². The minimum atomic E-state index is -0.477. The fraction of sp³-hybridized carbons (Fsp3) is 0.478. The standard InChI is InChI=1S/C23H30N2O3S/c1-5-12-28-16-9-6-14(7-10-16)21(27)25-22-19(20(24)26)17-11-8-15(23(2,3)4)13-18(17)29-22/h6-7,9-10,15H,5,8,11-13H2,1-4H3,(H2,24,26)(H,25,27). The van der Waals surface area contributed by atoms with Crippen molar-refractivity contribution in [1.82, 2.24) is 0 Å². The number of anilines is 1. The van der Waals surface area contributed by atoms with Gasteiger partial charge in [0.25, 0.3) is 11.8 Å². The number of fused-ring (bicyclic) bond motifs is 1. The molecule has 1 heterocycles. The summed E-state index contributed by atoms with van der Waals surface area (Å²) in [5.74, 6) is 0.561. The largest absolute Gasteiger partial charge is 0.494 e. The number of ether oxygens (including phenoxy) is 1. The first-order chi connectivity index (χ1) is 13.7. The maximum atomic E-state index is 12.8. The van der Waals surface area contributed by atoms with Gasteiger partial charge in [0.15, 0.2) is 0 Å². The Bertz CT molecular complexity index is 894. The van der Waals surface area contributed by atoms with Crippen LogP contribution >= 0.6 is 11.3 Å². The zero-order valence-corrected chi connectivity index (χ0v) is 18.4. The third-order valence-corrected chi connectivity index (χ3v) is 6.72. The highest BCUT2D eigenvalue weighted by molar-refractivity contribution is 7.17. The molecule has 3 rings (SSSR count). The summed E-state index contributed by atoms with van der Waals surface area (Å²) in [5.41, 5.74) is 7.90. The van der Waals surface area contributed by atoms with Crippen LogP contribution in [0.1, 0.15) is 71.7 Å². The number of hydrogen-bond donors (Lipinski definition) is 2. The molecule has 0 saturated heterocycles. The quantitative estimate of drug-likeness (QED) is 0.695. The Morgan fingerprint density at radius 2 is 1.93 bits per heavy atom. The van der Waals surface area contributed by atoms with Gasteiger partial charge in [0, 0.05) is 10.4 Å². The van der Waals surface area contributed by atoms with Gasteiger partial charge in [-0.2, -0.15) is 0 Å². The van der Waals surface area contributed by atoms with Crippen molar-refractivity contribution in [2.45, 2.75) is 53.4 Å². The zero-order chi connectivity index (χ0) is 21.2. The Hall–Kier alpha value is -2.34. The average Bonchev–Trinajstić information content (AvgIpc) is 3.03. The Kier molecular flexibility index (Phi) is 6.32. The lowest BCUT2D eigenvalue weighted by Gasteiger charge is -2.33. The van der Waals surface area contributed by atoms with Crippen molar-refractivity contribution in [1.29, 1.82) is 0 Å². The van der Waals surface area contributed by atoms with E-state index < -0.39 is 5.91 Å². The maximum Gasteiger partial charge on any atom is 0.256 e. The second-order valence-electron chi connectivity index (χ2n) is 8.70. The van der Waals surface area contributed by atoms with Gasteiger partial charge in [-0.1, -0.05) is 27.7 Å². The lowest BCUT2D eigenvalue weighted by molar-refractivity contribution is 0.1000. The fourth-order valence-electron chi connectivity index (χ4n) is 3.77. The predicted octanol–water partition coefficient (Wildman–Crippen LogP) is 5.04. The summed E-state index contributed by atoms with van der Waals surface area (Å²) >= 11 is 1.49. The Morgan fingerprint density at radius 1 is 1.24 bits per heavy atom. The molecule has 0 saturated carbocycles. The molecule has 0 spiro atoms. The van der Waals surface area contributed by atoms with Gasteiger partial charge < -0.3 is 15.8 Å². The monoisotopic (exact) mass is 414 g/mol. The number of carbonyl (C=O) groups is 2. The molecule has 0 radical (unpaired) electrons. The molecular weight excluding hydrogens is 384 g/mol. The van der Waals surface area contributed by atoms with E-state index in [2.05, 4.69) is 26.1 Å². The number of thiophene rings is 1. The summed E-state index contributed by atoms with van der Waals surface area (Å²) < 4.78 is 5.56. The van der Waals surface area contributed by atoms with E-state index in [4.69, 9.17) is 10.5 Å². The molecule has 29 heavy (non-hydrogen) atoms. The minimum absolute atomic E-state index is 0.208. The number of primary amides is 1. The number of rotatable bonds is 6. The Balaban J connectivity index is 1.81. The van der Waals surface area contributed by atoms with Crippen molar-refractivity contribution < 1.29 is 14.3 Å². The summed E-state index contributed by atoms with van der Waals surface area (Å²) in [6, 6.07) is 7.03. The number of nitrogens with two attached hydrogens (primary N) is 1. The molecule has 1 aliphatic rings. The second-order valence-corrected chi connectivity index (χ2v) is 9.81. The van der Waals surface area contributed by atoms with Crippen molar-refractivity contribution in [3.8, 4) is 5.75 Å². The lowest BCUT2D eigenvalue weighted by atomic mass is 9.72. The summed E-state index contributed by atoms with van der Waals surface area (Å²) in [4.78, 5) is 26.1. The van der Waals surface area contributed by atoms with Crippen LogP contribution < -0.4 is 15.8 Å². The number of benzene rings is 1. The van der Waals surface area contributed by atoms with Gasteiger partial charge in [0.2, 0.25) is 0 Å². The summed E-state index contributed by atoms with van der Waals surface area (Å²) in [5, 5.41) is 3.48. The molecule has 0 fully saturated rings. The highest BCUT2D eigenvalue weighted by atomic mass is 32.1. The molecule has 2 amide bonds. The molecule has 6 heteroatoms. The van der Waals surface area contributed by atoms with Crippen LogP contribution in [-0.4, -0.2) is 18.4 Å². The zero-order valence-electron chi connectivity index (χ0n) is 17.6. The van der Waals surface area contributed by atoms with E-state index in [1.54, 1.807) is 24.3 Å². The van der Waals surface area contributed by atoms with Crippen LogP contribution in [0.3, 0.4) is 0 Å². The van der Waals surface area contributed by atoms with Crippen LogP contribution in [0.15, 0.2) is 24.3 Å². The molecule has 0 bridgehead atoms. The third-order valence-electron chi connectivity index (χ3n) is 5.55. The summed E-state index contributed by atoms with van der Waals surface area (Å²) in [6.07, 6.45) is 3.70. The van der Waals surface area contributed by atoms with Crippen LogP contribution in [0.2, 0.25) is 0 Å².